The third-order valence-corrected chi connectivity index (χ3v) is 38.4. The zero-order valence-corrected chi connectivity index (χ0v) is 137. The zero-order chi connectivity index (χ0) is 75.8. The van der Waals surface area contributed by atoms with Crippen molar-refractivity contribution < 1.29 is 698 Å². The Kier molecular flexibility index (Phi) is 20.9. The number of aryl methyl sites for hydroxylation is 4. The third kappa shape index (κ3) is 9.18. The van der Waals surface area contributed by atoms with E-state index in [9.17, 15) is 0 Å². The average molecular weight is 2540 g/mol. The van der Waals surface area contributed by atoms with Gasteiger partial charge < -0.3 is 19.3 Å². The van der Waals surface area contributed by atoms with E-state index in [1.807, 2.05) is 0 Å². The molecule has 0 radical (unpaired) electrons. The van der Waals surface area contributed by atoms with E-state index in [0.717, 1.165) is 25.7 Å². The molecule has 0 nitrogen and oxygen atoms in total. The fraction of sp³-hybridized carbons (Fsp3) is 0.131. The number of hydrogen-bond donors (Lipinski definition) is 0. The normalized spacial score (nSPS) is 20.2. The smallest absolute Gasteiger partial charge is 0.319 e. The molecule has 10 aliphatic rings. The standard InChI is InChI=1S/C122H44.12Rb/c1-33-11-39-17-43-21-47-25-51-29-55-31-53-28-50-24-46-20-42-16-38-8-6-10-58-62-36(4)14-60-34(2)12-40-18-44-22-48-26-52-30-56-32-54-27-49-23-45-19-41-15-37-7-5-9-57-61-35(3)13-59(33)83-65(39)89-69(43)93-73(47)97-77(51)101-81(55)103-80(53)100-76(50)96-72(46)92-68(42)88(64(38)58)106-86(62)84(60)66(40)90-70(44)94-74(48)98-78(52)102-82(56)104-79(54)99-75(49)95-71(45)91-67(41)87(63(37)57)105(85(61)83)107(89)109(91)111(93)113(95)115(97)117(99)119(101)121(104)122(103)120(102)118(100)116(98)114(96)112(94)110(92)108(90)106;;;;;;;;;;;;/h5-6,9-10,13-19,21,24,26-27,29,43,45,47,49,51,54-56H,23,25,31-32H2,1-4H3;;;;;;;;;;;;/q-12;12*+1/t43-,45+,47-,49+,51-,54+,55-,56-;;;;;;;;;;;;/m1............/s1. The minimum absolute atomic E-state index is 0. The van der Waals surface area contributed by atoms with E-state index in [-0.39, 0.29) is 746 Å². The monoisotopic (exact) mass is 2530 g/mol. The summed E-state index contributed by atoms with van der Waals surface area (Å²) in [6.07, 6.45) is 23.5. The van der Waals surface area contributed by atoms with Crippen molar-refractivity contribution in [1.82, 2.24) is 0 Å². The summed E-state index contributed by atoms with van der Waals surface area (Å²) in [5.41, 5.74) is 21.4. The van der Waals surface area contributed by atoms with Crippen molar-refractivity contribution in [2.45, 2.75) is 101 Å². The Labute approximate surface area is 1350 Å². The van der Waals surface area contributed by atoms with E-state index in [4.69, 9.17) is 6.08 Å². The Morgan fingerprint density at radius 3 is 1.16 bits per heavy atom. The first-order valence-electron chi connectivity index (χ1n) is 45.4. The summed E-state index contributed by atoms with van der Waals surface area (Å²) >= 11 is 0. The van der Waals surface area contributed by atoms with Gasteiger partial charge in [-0.05, 0) is 193 Å². The van der Waals surface area contributed by atoms with Crippen LogP contribution in [0.5, 0.6) is 0 Å². The molecule has 12 heteroatoms. The van der Waals surface area contributed by atoms with Gasteiger partial charge in [0.25, 0.3) is 0 Å². The van der Waals surface area contributed by atoms with E-state index in [2.05, 4.69) is 169 Å². The Morgan fingerprint density at radius 2 is 0.604 bits per heavy atom. The molecule has 0 heterocycles. The first-order valence-corrected chi connectivity index (χ1v) is 45.4. The number of rotatable bonds is 0. The minimum atomic E-state index is 0. The van der Waals surface area contributed by atoms with Crippen molar-refractivity contribution in [2.24, 2.45) is 0 Å². The molecule has 0 N–H and O–H groups in total. The largest absolute Gasteiger partial charge is 1.00 e. The van der Waals surface area contributed by atoms with Crippen LogP contribution in [0.25, 0.3) is 368 Å². The van der Waals surface area contributed by atoms with Gasteiger partial charge in [-0.3, -0.25) is 0 Å². The summed E-state index contributed by atoms with van der Waals surface area (Å²) in [5, 5.41) is 99.8. The molecule has 544 valence electrons. The van der Waals surface area contributed by atoms with Gasteiger partial charge in [0.15, 0.2) is 0 Å². The summed E-state index contributed by atoms with van der Waals surface area (Å²) in [6, 6.07) is 57.4. The van der Waals surface area contributed by atoms with Gasteiger partial charge in [0.1, 0.15) is 0 Å². The van der Waals surface area contributed by atoms with Crippen LogP contribution in [-0.2, 0) is 6.42 Å². The number of benzene rings is 34. The predicted molar refractivity (Wildman–Crippen MR) is 510 cm³/mol. The van der Waals surface area contributed by atoms with E-state index < -0.39 is 0 Å². The molecule has 34 aromatic carbocycles. The molecule has 44 rings (SSSR count). The van der Waals surface area contributed by atoms with Gasteiger partial charge in [-0.2, -0.15) is 52.8 Å². The molecule has 0 saturated heterocycles. The van der Waals surface area contributed by atoms with Crippen LogP contribution in [0.2, 0.25) is 0 Å². The molecule has 0 aromatic heterocycles. The fourth-order valence-electron chi connectivity index (χ4n) is 36.0. The second-order valence-corrected chi connectivity index (χ2v) is 42.2. The number of fused-ring (bicyclic) bond motifs is 2. The topological polar surface area (TPSA) is 0 Å². The van der Waals surface area contributed by atoms with Crippen molar-refractivity contribution in [3.63, 3.8) is 0 Å². The SMILES string of the molecule is Cc1[c-]c2c3c4c5c6c7c8c9c%10c%11c%12c%13c([c-]c%14cc%15[c-]c%16cc%17[c-]ccc%18c%19c(C)cc%20c(C)[c-]c%21cc%22[c-]c%23cc%24c%25c%26c%27c%28c%29c%30c%31c%32c%33c%34c%35c(cc%36[c-]ccc%37c%38c(C)cc1c3c%38c(c%35c%36%37)c4c%34c6c%32c8c%30c%10c%28c%12c%26c1c%13c%14c3c%15c4c%16c(c%17%18)c6c%19c%20c%21c8c%22c%10c%23c%25c1c3c%10c4c86)[CH-][C@H]%33C[C@H]%31[CH-][C@H]%29C[C@H]%27[C-]=%24)C[C@H]%11[CH-][C@H]9C[C@H]7[CH-][C@H]5C=2.[Rb+].[Rb+].[Rb+].[Rb+].[Rb+].[Rb+].[Rb+].[Rb+].[Rb+].[Rb+].[Rb+].[Rb+]. The van der Waals surface area contributed by atoms with Gasteiger partial charge in [0.05, 0.1) is 0 Å². The summed E-state index contributed by atoms with van der Waals surface area (Å²) in [5.74, 6) is 1.74. The van der Waals surface area contributed by atoms with E-state index >= 15 is 0 Å². The maximum Gasteiger partial charge on any atom is 1.00 e. The molecule has 10 aliphatic carbocycles. The zero-order valence-electron chi connectivity index (χ0n) is 77.7. The Hall–Kier alpha value is 8.27. The summed E-state index contributed by atoms with van der Waals surface area (Å²) in [4.78, 5) is 0. The summed E-state index contributed by atoms with van der Waals surface area (Å²) in [6.45, 7) is 9.53. The Balaban J connectivity index is 0.000000687. The van der Waals surface area contributed by atoms with Gasteiger partial charge in [0, 0.05) is 0 Å². The maximum absolute atomic E-state index is 4.75. The molecular weight excluding hydrogens is 2490 g/mol. The maximum atomic E-state index is 4.75. The Bertz CT molecular complexity index is 11900. The third-order valence-electron chi connectivity index (χ3n) is 38.4. The molecule has 0 amide bonds. The van der Waals surface area contributed by atoms with Crippen LogP contribution in [0.15, 0.2) is 66.7 Å². The van der Waals surface area contributed by atoms with E-state index in [1.54, 1.807) is 152 Å². The average Bonchev–Trinajstić information content (AvgIpc) is 0.612. The Morgan fingerprint density at radius 1 is 0.246 bits per heavy atom. The van der Waals surface area contributed by atoms with Crippen LogP contribution in [0, 0.1) is 95.8 Å². The molecule has 0 unspecified atom stereocenters. The summed E-state index contributed by atoms with van der Waals surface area (Å²) < 4.78 is 0. The van der Waals surface area contributed by atoms with Gasteiger partial charge in [-0.15, -0.1) is 190 Å². The quantitative estimate of drug-likeness (QED) is 0.0809. The molecule has 0 bridgehead atoms. The van der Waals surface area contributed by atoms with Crippen molar-refractivity contribution in [1.29, 1.82) is 0 Å². The van der Waals surface area contributed by atoms with Gasteiger partial charge in [-0.1, -0.05) is 236 Å². The molecular formula is C122H44Rb12. The van der Waals surface area contributed by atoms with Crippen molar-refractivity contribution >= 4 is 368 Å². The molecule has 134 heavy (non-hydrogen) atoms. The molecule has 8 atom stereocenters. The number of hydrogen-bond acceptors (Lipinski definition) is 0. The molecule has 0 aliphatic heterocycles. The molecule has 0 spiro atoms. The first kappa shape index (κ1) is 94.6. The molecule has 0 saturated carbocycles. The predicted octanol–water partition coefficient (Wildman–Crippen LogP) is -5.94. The van der Waals surface area contributed by atoms with E-state index in [0.29, 0.717) is 0 Å². The van der Waals surface area contributed by atoms with Crippen molar-refractivity contribution in [3.8, 4) is 0 Å². The molecule has 0 fully saturated rings. The fourth-order valence-corrected chi connectivity index (χ4v) is 36.0. The minimum Gasteiger partial charge on any atom is -0.319 e. The first-order chi connectivity index (χ1) is 60.2. The van der Waals surface area contributed by atoms with Crippen LogP contribution in [0.4, 0.5) is 0 Å². The second kappa shape index (κ2) is 29.6. The van der Waals surface area contributed by atoms with Crippen LogP contribution in [-0.4, -0.2) is 0 Å². The summed E-state index contributed by atoms with van der Waals surface area (Å²) in [7, 11) is 0. The molecule has 34 aromatic rings. The van der Waals surface area contributed by atoms with Crippen LogP contribution in [0.3, 0.4) is 0 Å². The van der Waals surface area contributed by atoms with Crippen molar-refractivity contribution in [2.75, 3.05) is 0 Å². The van der Waals surface area contributed by atoms with E-state index in [1.165, 1.54) is 292 Å². The van der Waals surface area contributed by atoms with Crippen LogP contribution in [0.1, 0.15) is 144 Å². The van der Waals surface area contributed by atoms with Gasteiger partial charge >= 0.3 is 698 Å². The second-order valence-electron chi connectivity index (χ2n) is 42.2. The van der Waals surface area contributed by atoms with Crippen molar-refractivity contribution in [3.05, 3.63) is 223 Å². The van der Waals surface area contributed by atoms with Crippen LogP contribution >= 0.6 is 0 Å². The van der Waals surface area contributed by atoms with Gasteiger partial charge in [-0.25, -0.2) is 0 Å². The van der Waals surface area contributed by atoms with Crippen LogP contribution < -0.4 is 709 Å². The van der Waals surface area contributed by atoms with Gasteiger partial charge in [0.2, 0.25) is 0 Å².